The van der Waals surface area contributed by atoms with Gasteiger partial charge in [-0.2, -0.15) is 13.2 Å². The second-order valence-corrected chi connectivity index (χ2v) is 8.92. The number of benzene rings is 2. The highest BCUT2D eigenvalue weighted by Crippen LogP contribution is 2.38. The molecule has 0 unspecified atom stereocenters. The van der Waals surface area contributed by atoms with Crippen LogP contribution in [-0.2, 0) is 18.4 Å². The molecule has 2 aromatic carbocycles. The van der Waals surface area contributed by atoms with Crippen molar-refractivity contribution in [1.29, 1.82) is 0 Å². The summed E-state index contributed by atoms with van der Waals surface area (Å²) >= 11 is 1.46. The van der Waals surface area contributed by atoms with E-state index in [2.05, 4.69) is 4.98 Å². The molecule has 2 heterocycles. The summed E-state index contributed by atoms with van der Waals surface area (Å²) < 4.78 is 42.6. The van der Waals surface area contributed by atoms with Crippen molar-refractivity contribution in [2.45, 2.75) is 32.2 Å². The molecule has 0 radical (unpaired) electrons. The second-order valence-electron chi connectivity index (χ2n) is 7.93. The molecule has 8 heteroatoms. The third-order valence-corrected chi connectivity index (χ3v) is 6.02. The standard InChI is InChI=1S/C24H21F3N2O2S/c1-23(2,31)21-12-29(22(28-21)19-5-3-4-6-20(19)24(25,26)27)17-9-7-15(8-10-17)16-11-18(13-30)32-14-16/h3-12,14,30-31H,13H2,1-2H3. The van der Waals surface area contributed by atoms with Crippen LogP contribution in [-0.4, -0.2) is 19.8 Å². The number of rotatable bonds is 5. The zero-order valence-corrected chi connectivity index (χ0v) is 18.2. The van der Waals surface area contributed by atoms with Crippen LogP contribution in [0.25, 0.3) is 28.2 Å². The van der Waals surface area contributed by atoms with Gasteiger partial charge in [-0.25, -0.2) is 4.98 Å². The lowest BCUT2D eigenvalue weighted by Crippen LogP contribution is -2.15. The van der Waals surface area contributed by atoms with E-state index in [1.165, 1.54) is 43.4 Å². The quantitative estimate of drug-likeness (QED) is 0.385. The lowest BCUT2D eigenvalue weighted by atomic mass is 10.1. The van der Waals surface area contributed by atoms with Gasteiger partial charge in [0.25, 0.3) is 0 Å². The van der Waals surface area contributed by atoms with E-state index in [1.807, 2.05) is 23.6 Å². The van der Waals surface area contributed by atoms with Gasteiger partial charge in [-0.3, -0.25) is 4.57 Å². The Hall–Kier alpha value is -2.94. The Morgan fingerprint density at radius 3 is 2.28 bits per heavy atom. The molecular formula is C24H21F3N2O2S. The maximum Gasteiger partial charge on any atom is 0.417 e. The van der Waals surface area contributed by atoms with Crippen molar-refractivity contribution in [3.05, 3.63) is 82.3 Å². The zero-order chi connectivity index (χ0) is 23.1. The predicted molar refractivity (Wildman–Crippen MR) is 118 cm³/mol. The minimum absolute atomic E-state index is 0.0283. The van der Waals surface area contributed by atoms with Gasteiger partial charge >= 0.3 is 6.18 Å². The summed E-state index contributed by atoms with van der Waals surface area (Å²) in [6.07, 6.45) is -2.98. The van der Waals surface area contributed by atoms with Crippen molar-refractivity contribution in [3.63, 3.8) is 0 Å². The predicted octanol–water partition coefficient (Wildman–Crippen LogP) is 6.01. The number of halogens is 3. The van der Waals surface area contributed by atoms with Crippen molar-refractivity contribution in [3.8, 4) is 28.2 Å². The molecule has 0 aliphatic heterocycles. The van der Waals surface area contributed by atoms with Gasteiger partial charge in [-0.1, -0.05) is 30.3 Å². The van der Waals surface area contributed by atoms with Crippen molar-refractivity contribution in [1.82, 2.24) is 9.55 Å². The van der Waals surface area contributed by atoms with Crippen LogP contribution in [0, 0.1) is 0 Å². The molecule has 32 heavy (non-hydrogen) atoms. The van der Waals surface area contributed by atoms with E-state index in [0.29, 0.717) is 5.69 Å². The van der Waals surface area contributed by atoms with Gasteiger partial charge in [0.1, 0.15) is 11.4 Å². The molecule has 0 spiro atoms. The SMILES string of the molecule is CC(C)(O)c1cn(-c2ccc(-c3csc(CO)c3)cc2)c(-c2ccccc2C(F)(F)F)n1. The highest BCUT2D eigenvalue weighted by Gasteiger charge is 2.35. The summed E-state index contributed by atoms with van der Waals surface area (Å²) in [6.45, 7) is 3.05. The van der Waals surface area contributed by atoms with E-state index >= 15 is 0 Å². The van der Waals surface area contributed by atoms with E-state index in [9.17, 15) is 23.4 Å². The second kappa shape index (κ2) is 8.20. The number of aromatic nitrogens is 2. The number of alkyl halides is 3. The summed E-state index contributed by atoms with van der Waals surface area (Å²) in [5.74, 6) is 0.0981. The average Bonchev–Trinajstić information content (AvgIpc) is 3.40. The molecule has 0 atom stereocenters. The minimum atomic E-state index is -4.55. The average molecular weight is 459 g/mol. The Labute approximate surface area is 187 Å². The molecule has 4 rings (SSSR count). The van der Waals surface area contributed by atoms with Gasteiger partial charge in [0, 0.05) is 22.3 Å². The molecule has 0 aliphatic carbocycles. The molecule has 0 aliphatic rings. The Morgan fingerprint density at radius 1 is 1.00 bits per heavy atom. The van der Waals surface area contributed by atoms with Gasteiger partial charge in [0.2, 0.25) is 0 Å². The third-order valence-electron chi connectivity index (χ3n) is 5.09. The first kappa shape index (κ1) is 22.3. The number of imidazole rings is 1. The maximum atomic E-state index is 13.7. The van der Waals surface area contributed by atoms with Crippen LogP contribution in [0.15, 0.2) is 66.2 Å². The Morgan fingerprint density at radius 2 is 1.69 bits per heavy atom. The fourth-order valence-electron chi connectivity index (χ4n) is 3.42. The van der Waals surface area contributed by atoms with Crippen LogP contribution in [0.5, 0.6) is 0 Å². The van der Waals surface area contributed by atoms with Gasteiger partial charge in [-0.15, -0.1) is 11.3 Å². The summed E-state index contributed by atoms with van der Waals surface area (Å²) in [4.78, 5) is 5.23. The highest BCUT2D eigenvalue weighted by molar-refractivity contribution is 7.10. The number of hydrogen-bond acceptors (Lipinski definition) is 4. The minimum Gasteiger partial charge on any atom is -0.391 e. The Bertz CT molecular complexity index is 1240. The van der Waals surface area contributed by atoms with Gasteiger partial charge in [0.15, 0.2) is 0 Å². The van der Waals surface area contributed by atoms with Crippen LogP contribution < -0.4 is 0 Å². The van der Waals surface area contributed by atoms with Gasteiger partial charge in [-0.05, 0) is 54.6 Å². The molecule has 0 fully saturated rings. The number of thiophene rings is 1. The molecule has 166 valence electrons. The monoisotopic (exact) mass is 458 g/mol. The first-order valence-electron chi connectivity index (χ1n) is 9.86. The largest absolute Gasteiger partial charge is 0.417 e. The highest BCUT2D eigenvalue weighted by atomic mass is 32.1. The molecule has 0 amide bonds. The number of aliphatic hydroxyl groups is 2. The van der Waals surface area contributed by atoms with Gasteiger partial charge < -0.3 is 10.2 Å². The van der Waals surface area contributed by atoms with E-state index in [-0.39, 0.29) is 23.7 Å². The van der Waals surface area contributed by atoms with Crippen molar-refractivity contribution in [2.75, 3.05) is 0 Å². The van der Waals surface area contributed by atoms with Crippen LogP contribution in [0.2, 0.25) is 0 Å². The van der Waals surface area contributed by atoms with Crippen LogP contribution in [0.3, 0.4) is 0 Å². The van der Waals surface area contributed by atoms with Crippen molar-refractivity contribution >= 4 is 11.3 Å². The lowest BCUT2D eigenvalue weighted by Gasteiger charge is -2.14. The summed E-state index contributed by atoms with van der Waals surface area (Å²) in [6, 6.07) is 14.5. The van der Waals surface area contributed by atoms with Crippen molar-refractivity contribution < 1.29 is 23.4 Å². The van der Waals surface area contributed by atoms with E-state index in [4.69, 9.17) is 0 Å². The molecule has 0 bridgehead atoms. The molecular weight excluding hydrogens is 437 g/mol. The van der Waals surface area contributed by atoms with Crippen LogP contribution >= 0.6 is 11.3 Å². The van der Waals surface area contributed by atoms with Crippen LogP contribution in [0.1, 0.15) is 30.0 Å². The molecule has 2 N–H and O–H groups in total. The maximum absolute atomic E-state index is 13.7. The number of hydrogen-bond donors (Lipinski definition) is 2. The smallest absolute Gasteiger partial charge is 0.391 e. The molecule has 4 aromatic rings. The van der Waals surface area contributed by atoms with E-state index in [1.54, 1.807) is 22.9 Å². The fraction of sp³-hybridized carbons (Fsp3) is 0.208. The van der Waals surface area contributed by atoms with Crippen LogP contribution in [0.4, 0.5) is 13.2 Å². The first-order chi connectivity index (χ1) is 15.1. The molecule has 4 nitrogen and oxygen atoms in total. The summed E-state index contributed by atoms with van der Waals surface area (Å²) in [5.41, 5.74) is 0.566. The first-order valence-corrected chi connectivity index (χ1v) is 10.7. The molecule has 2 aromatic heterocycles. The van der Waals surface area contributed by atoms with E-state index in [0.717, 1.165) is 22.1 Å². The van der Waals surface area contributed by atoms with E-state index < -0.39 is 17.3 Å². The van der Waals surface area contributed by atoms with Gasteiger partial charge in [0.05, 0.1) is 17.9 Å². The van der Waals surface area contributed by atoms with Crippen molar-refractivity contribution in [2.24, 2.45) is 0 Å². The Kier molecular flexibility index (Phi) is 5.70. The normalized spacial score (nSPS) is 12.3. The number of nitrogens with zero attached hydrogens (tertiary/aromatic N) is 2. The Balaban J connectivity index is 1.84. The number of aliphatic hydroxyl groups excluding tert-OH is 1. The topological polar surface area (TPSA) is 58.3 Å². The third kappa shape index (κ3) is 4.34. The zero-order valence-electron chi connectivity index (χ0n) is 17.4. The lowest BCUT2D eigenvalue weighted by molar-refractivity contribution is -0.137. The molecule has 0 saturated carbocycles. The summed E-state index contributed by atoms with van der Waals surface area (Å²) in [5, 5.41) is 21.7. The molecule has 0 saturated heterocycles. The summed E-state index contributed by atoms with van der Waals surface area (Å²) in [7, 11) is 0. The fourth-order valence-corrected chi connectivity index (χ4v) is 4.17.